The van der Waals surface area contributed by atoms with Gasteiger partial charge in [0.25, 0.3) is 0 Å². The molecule has 0 amide bonds. The number of hydrogen-bond acceptors (Lipinski definition) is 6. The Morgan fingerprint density at radius 2 is 0.776 bits per heavy atom. The van der Waals surface area contributed by atoms with Gasteiger partial charge in [0, 0.05) is 34.7 Å². The second-order valence-corrected chi connectivity index (χ2v) is 12.4. The van der Waals surface area contributed by atoms with Crippen LogP contribution in [0.1, 0.15) is 22.3 Å². The van der Waals surface area contributed by atoms with Crippen molar-refractivity contribution in [1.82, 2.24) is 0 Å². The van der Waals surface area contributed by atoms with Crippen molar-refractivity contribution in [2.24, 2.45) is 9.98 Å². The topological polar surface area (TPSA) is 106 Å². The summed E-state index contributed by atoms with van der Waals surface area (Å²) in [5.74, 6) is -1.07. The lowest BCUT2D eigenvalue weighted by molar-refractivity contribution is 0.404. The fourth-order valence-electron chi connectivity index (χ4n) is 7.40. The minimum atomic E-state index is -1.39. The molecule has 0 fully saturated rings. The Kier molecular flexibility index (Phi) is 6.23. The van der Waals surface area contributed by atoms with Gasteiger partial charge in [-0.2, -0.15) is 0 Å². The number of fused-ring (bicyclic) bond motifs is 9. The van der Waals surface area contributed by atoms with E-state index in [1.807, 2.05) is 84.9 Å². The van der Waals surface area contributed by atoms with Gasteiger partial charge in [-0.3, -0.25) is 9.98 Å². The van der Waals surface area contributed by atoms with Crippen molar-refractivity contribution in [2.75, 3.05) is 0 Å². The van der Waals surface area contributed by atoms with E-state index in [0.717, 1.165) is 54.6 Å². The Labute approximate surface area is 280 Å². The first kappa shape index (κ1) is 28.6. The number of hydrogen-bond donors (Lipinski definition) is 4. The van der Waals surface area contributed by atoms with Crippen LogP contribution < -0.4 is 0 Å². The number of nitrogens with zero attached hydrogens (tertiary/aromatic N) is 2. The average Bonchev–Trinajstić information content (AvgIpc) is 3.42. The van der Waals surface area contributed by atoms with Crippen molar-refractivity contribution in [3.8, 4) is 34.1 Å². The van der Waals surface area contributed by atoms with Crippen molar-refractivity contribution in [1.29, 1.82) is 0 Å². The summed E-state index contributed by atoms with van der Waals surface area (Å²) in [4.78, 5) is 10.6. The number of aliphatic imine (C=N–C) groups is 2. The van der Waals surface area contributed by atoms with Gasteiger partial charge in [-0.25, -0.2) is 0 Å². The molecule has 4 N–H and O–H groups in total. The highest BCUT2D eigenvalue weighted by Crippen LogP contribution is 2.55. The van der Waals surface area contributed by atoms with E-state index in [9.17, 15) is 20.4 Å². The first-order chi connectivity index (χ1) is 23.9. The smallest absolute Gasteiger partial charge is 0.202 e. The van der Waals surface area contributed by atoms with E-state index in [4.69, 9.17) is 9.98 Å². The van der Waals surface area contributed by atoms with Crippen LogP contribution >= 0.6 is 0 Å². The maximum absolute atomic E-state index is 11.2. The third kappa shape index (κ3) is 4.21. The van der Waals surface area contributed by atoms with E-state index in [2.05, 4.69) is 36.4 Å². The van der Waals surface area contributed by atoms with Crippen LogP contribution in [0.3, 0.4) is 0 Å². The Balaban J connectivity index is 1.41. The average molecular weight is 637 g/mol. The lowest BCUT2D eigenvalue weighted by Gasteiger charge is -2.24. The zero-order valence-electron chi connectivity index (χ0n) is 26.0. The van der Waals surface area contributed by atoms with Gasteiger partial charge in [-0.15, -0.1) is 0 Å². The molecule has 8 aromatic carbocycles. The third-order valence-electron chi connectivity index (χ3n) is 9.70. The molecule has 8 aromatic rings. The monoisotopic (exact) mass is 636 g/mol. The summed E-state index contributed by atoms with van der Waals surface area (Å²) in [5.41, 5.74) is 2.94. The van der Waals surface area contributed by atoms with Crippen LogP contribution in [0.4, 0.5) is 0 Å². The molecule has 9 rings (SSSR count). The summed E-state index contributed by atoms with van der Waals surface area (Å²) in [5, 5.41) is 50.9. The van der Waals surface area contributed by atoms with Crippen molar-refractivity contribution >= 4 is 55.5 Å². The minimum Gasteiger partial charge on any atom is -0.504 e. The molecule has 0 radical (unpaired) electrons. The Bertz CT molecular complexity index is 2540. The molecule has 49 heavy (non-hydrogen) atoms. The lowest BCUT2D eigenvalue weighted by atomic mass is 9.94. The first-order valence-electron chi connectivity index (χ1n) is 16.0. The molecule has 0 atom stereocenters. The Morgan fingerprint density at radius 3 is 1.20 bits per heavy atom. The van der Waals surface area contributed by atoms with Gasteiger partial charge >= 0.3 is 0 Å². The van der Waals surface area contributed by atoms with Gasteiger partial charge in [0.05, 0.1) is 0 Å². The number of phenolic OH excluding ortho intramolecular Hbond substituents is 4. The third-order valence-corrected chi connectivity index (χ3v) is 9.70. The predicted molar refractivity (Wildman–Crippen MR) is 197 cm³/mol. The second kappa shape index (κ2) is 10.7. The van der Waals surface area contributed by atoms with Crippen LogP contribution in [-0.2, 0) is 5.66 Å². The van der Waals surface area contributed by atoms with Crippen molar-refractivity contribution in [3.63, 3.8) is 0 Å². The molecule has 0 aliphatic heterocycles. The molecule has 1 aliphatic rings. The molecule has 234 valence electrons. The molecular formula is C43H28N2O4. The maximum atomic E-state index is 11.2. The molecule has 6 heteroatoms. The molecular weight excluding hydrogens is 608 g/mol. The normalized spacial score (nSPS) is 13.6. The first-order valence-corrected chi connectivity index (χ1v) is 16.0. The van der Waals surface area contributed by atoms with Crippen molar-refractivity contribution in [2.45, 2.75) is 5.66 Å². The van der Waals surface area contributed by atoms with Gasteiger partial charge < -0.3 is 20.4 Å². The van der Waals surface area contributed by atoms with Crippen LogP contribution in [0.25, 0.3) is 54.2 Å². The van der Waals surface area contributed by atoms with Crippen LogP contribution in [0.5, 0.6) is 23.0 Å². The number of rotatable bonds is 4. The summed E-state index contributed by atoms with van der Waals surface area (Å²) < 4.78 is 0. The Hall–Kier alpha value is -6.66. The van der Waals surface area contributed by atoms with E-state index in [1.165, 1.54) is 12.1 Å². The van der Waals surface area contributed by atoms with Crippen LogP contribution in [0.15, 0.2) is 143 Å². The van der Waals surface area contributed by atoms with E-state index < -0.39 is 5.66 Å². The summed E-state index contributed by atoms with van der Waals surface area (Å²) in [7, 11) is 0. The highest BCUT2D eigenvalue weighted by Gasteiger charge is 2.44. The molecule has 0 saturated heterocycles. The van der Waals surface area contributed by atoms with Gasteiger partial charge in [0.1, 0.15) is 0 Å². The highest BCUT2D eigenvalue weighted by molar-refractivity contribution is 6.12. The zero-order valence-corrected chi connectivity index (χ0v) is 26.0. The molecule has 0 aromatic heterocycles. The van der Waals surface area contributed by atoms with E-state index >= 15 is 0 Å². The number of phenols is 4. The standard InChI is InChI=1S/C43H28N2O4/c46-37-21-27-11-3-5-13-29(27)33(41(37)48)23-44-43(45-24-34-30-14-6-4-12-28(30)22-38(47)42(34)49)35-19-17-25-9-1-7-15-31(25)39(35)40-32-16-8-2-10-26(32)18-20-36(40)43/h1-24,46-49H/b44-23+,45-24+. The summed E-state index contributed by atoms with van der Waals surface area (Å²) >= 11 is 0. The van der Waals surface area contributed by atoms with Gasteiger partial charge in [0.15, 0.2) is 23.0 Å². The van der Waals surface area contributed by atoms with Crippen LogP contribution in [0, 0.1) is 0 Å². The molecule has 0 heterocycles. The fourth-order valence-corrected chi connectivity index (χ4v) is 7.40. The van der Waals surface area contributed by atoms with Crippen LogP contribution in [0.2, 0.25) is 0 Å². The Morgan fingerprint density at radius 1 is 0.408 bits per heavy atom. The molecule has 0 unspecified atom stereocenters. The number of benzene rings is 8. The molecule has 6 nitrogen and oxygen atoms in total. The predicted octanol–water partition coefficient (Wildman–Crippen LogP) is 9.54. The highest BCUT2D eigenvalue weighted by atomic mass is 16.3. The minimum absolute atomic E-state index is 0.252. The second-order valence-electron chi connectivity index (χ2n) is 12.4. The maximum Gasteiger partial charge on any atom is 0.202 e. The summed E-state index contributed by atoms with van der Waals surface area (Å²) in [6.07, 6.45) is 3.16. The van der Waals surface area contributed by atoms with Crippen molar-refractivity contribution in [3.05, 3.63) is 156 Å². The lowest BCUT2D eigenvalue weighted by Crippen LogP contribution is -2.21. The van der Waals surface area contributed by atoms with E-state index in [0.29, 0.717) is 21.9 Å². The largest absolute Gasteiger partial charge is 0.504 e. The van der Waals surface area contributed by atoms with Crippen molar-refractivity contribution < 1.29 is 20.4 Å². The fraction of sp³-hybridized carbons (Fsp3) is 0.0233. The van der Waals surface area contributed by atoms with Crippen LogP contribution in [-0.4, -0.2) is 32.9 Å². The van der Waals surface area contributed by atoms with E-state index in [1.54, 1.807) is 12.4 Å². The van der Waals surface area contributed by atoms with Gasteiger partial charge in [-0.1, -0.05) is 121 Å². The summed E-state index contributed by atoms with van der Waals surface area (Å²) in [6, 6.07) is 42.7. The number of aromatic hydroxyl groups is 4. The van der Waals surface area contributed by atoms with Gasteiger partial charge in [0.2, 0.25) is 5.66 Å². The molecule has 1 aliphatic carbocycles. The zero-order chi connectivity index (χ0) is 33.3. The quantitative estimate of drug-likeness (QED) is 0.114. The van der Waals surface area contributed by atoms with Gasteiger partial charge in [-0.05, 0) is 66.3 Å². The molecule has 0 bridgehead atoms. The molecule has 0 spiro atoms. The van der Waals surface area contributed by atoms with E-state index in [-0.39, 0.29) is 23.0 Å². The SMILES string of the molecule is Oc1cc2ccccc2c(/C=N/C2(/N=C/c3c(O)c(O)cc4ccccc34)c3ccc4ccccc4c3-c3c2ccc2ccccc32)c1O. The summed E-state index contributed by atoms with van der Waals surface area (Å²) in [6.45, 7) is 0. The molecule has 0 saturated carbocycles.